The smallest absolute Gasteiger partial charge is 0.317 e. The maximum Gasteiger partial charge on any atom is 0.407 e. The maximum atomic E-state index is 13.1. The molecule has 0 spiro atoms. The molecule has 0 aromatic heterocycles. The number of hydrogen-bond acceptors (Lipinski definition) is 3. The third kappa shape index (κ3) is 5.34. The lowest BCUT2D eigenvalue weighted by Gasteiger charge is -2.30. The van der Waals surface area contributed by atoms with Crippen LogP contribution in [0.15, 0.2) is 30.3 Å². The van der Waals surface area contributed by atoms with Gasteiger partial charge in [0.1, 0.15) is 6.04 Å². The second kappa shape index (κ2) is 8.54. The van der Waals surface area contributed by atoms with Gasteiger partial charge in [-0.05, 0) is 37.8 Å². The molecule has 1 aliphatic heterocycles. The van der Waals surface area contributed by atoms with Crippen molar-refractivity contribution in [1.29, 1.82) is 0 Å². The normalized spacial score (nSPS) is 18.1. The minimum absolute atomic E-state index is 0.0712. The van der Waals surface area contributed by atoms with Crippen molar-refractivity contribution in [2.75, 3.05) is 19.3 Å². The molecule has 114 valence electrons. The molecular weight excluding hydrogens is 285 g/mol. The quantitative estimate of drug-likeness (QED) is 0.747. The van der Waals surface area contributed by atoms with Crippen LogP contribution in [0.25, 0.3) is 0 Å². The molecule has 0 saturated carbocycles. The number of rotatable bonds is 3. The van der Waals surface area contributed by atoms with Gasteiger partial charge in [0, 0.05) is 6.04 Å². The number of alkyl halides is 3. The summed E-state index contributed by atoms with van der Waals surface area (Å²) >= 11 is 3.53. The fourth-order valence-corrected chi connectivity index (χ4v) is 2.25. The van der Waals surface area contributed by atoms with E-state index in [2.05, 4.69) is 23.3 Å². The third-order valence-corrected chi connectivity index (χ3v) is 3.20. The van der Waals surface area contributed by atoms with Crippen LogP contribution in [0.2, 0.25) is 0 Å². The molecule has 2 N–H and O–H groups in total. The van der Waals surface area contributed by atoms with E-state index in [4.69, 9.17) is 0 Å². The van der Waals surface area contributed by atoms with Crippen molar-refractivity contribution in [3.63, 3.8) is 0 Å². The van der Waals surface area contributed by atoms with Gasteiger partial charge in [-0.1, -0.05) is 30.3 Å². The summed E-state index contributed by atoms with van der Waals surface area (Å²) < 4.78 is 39.2. The number of piperidine rings is 1. The molecule has 0 radical (unpaired) electrons. The predicted octanol–water partition coefficient (Wildman–Crippen LogP) is 3.18. The Morgan fingerprint density at radius 2 is 1.70 bits per heavy atom. The summed E-state index contributed by atoms with van der Waals surface area (Å²) in [6.07, 6.45) is -1.09. The summed E-state index contributed by atoms with van der Waals surface area (Å²) in [6, 6.07) is 6.40. The van der Waals surface area contributed by atoms with Gasteiger partial charge in [0.2, 0.25) is 0 Å². The average Bonchev–Trinajstić information content (AvgIpc) is 2.48. The molecule has 1 aromatic carbocycles. The van der Waals surface area contributed by atoms with E-state index < -0.39 is 12.2 Å². The SMILES string of the molecule is CS.FC(F)(F)C(NC1CCNCC1)c1ccccc1. The minimum Gasteiger partial charge on any atom is -0.317 e. The average molecular weight is 306 g/mol. The van der Waals surface area contributed by atoms with Crippen molar-refractivity contribution in [1.82, 2.24) is 10.6 Å². The summed E-state index contributed by atoms with van der Waals surface area (Å²) in [6.45, 7) is 1.55. The summed E-state index contributed by atoms with van der Waals surface area (Å²) in [5.74, 6) is 0. The highest BCUT2D eigenvalue weighted by atomic mass is 32.1. The van der Waals surface area contributed by atoms with Gasteiger partial charge < -0.3 is 5.32 Å². The second-order valence-electron chi connectivity index (χ2n) is 4.58. The van der Waals surface area contributed by atoms with Crippen LogP contribution >= 0.6 is 12.6 Å². The summed E-state index contributed by atoms with van der Waals surface area (Å²) in [7, 11) is 0. The maximum absolute atomic E-state index is 13.1. The molecule has 1 aromatic rings. The lowest BCUT2D eigenvalue weighted by atomic mass is 10.0. The number of halogens is 3. The first-order valence-corrected chi connectivity index (χ1v) is 7.50. The Morgan fingerprint density at radius 3 is 2.20 bits per heavy atom. The number of nitrogens with one attached hydrogen (secondary N) is 2. The molecule has 1 unspecified atom stereocenters. The Kier molecular flexibility index (Phi) is 7.40. The van der Waals surface area contributed by atoms with E-state index in [1.807, 2.05) is 0 Å². The first-order chi connectivity index (χ1) is 9.57. The van der Waals surface area contributed by atoms with Crippen LogP contribution in [0.3, 0.4) is 0 Å². The van der Waals surface area contributed by atoms with Gasteiger partial charge in [-0.25, -0.2) is 0 Å². The van der Waals surface area contributed by atoms with Gasteiger partial charge >= 0.3 is 6.18 Å². The van der Waals surface area contributed by atoms with Crippen LogP contribution in [0, 0.1) is 0 Å². The van der Waals surface area contributed by atoms with E-state index in [1.54, 1.807) is 24.5 Å². The van der Waals surface area contributed by atoms with E-state index in [0.29, 0.717) is 0 Å². The highest BCUT2D eigenvalue weighted by Gasteiger charge is 2.41. The molecular formula is C14H21F3N2S. The van der Waals surface area contributed by atoms with Crippen LogP contribution in [-0.2, 0) is 0 Å². The second-order valence-corrected chi connectivity index (χ2v) is 4.58. The van der Waals surface area contributed by atoms with E-state index in [-0.39, 0.29) is 11.6 Å². The standard InChI is InChI=1S/C13H17F3N2.CH4S/c14-13(15,16)12(10-4-2-1-3-5-10)18-11-6-8-17-9-7-11;1-2/h1-5,11-12,17-18H,6-9H2;2H,1H3. The van der Waals surface area contributed by atoms with Gasteiger partial charge in [-0.15, -0.1) is 0 Å². The molecule has 0 bridgehead atoms. The van der Waals surface area contributed by atoms with Gasteiger partial charge in [0.25, 0.3) is 0 Å². The summed E-state index contributed by atoms with van der Waals surface area (Å²) in [5, 5.41) is 5.89. The molecule has 1 heterocycles. The van der Waals surface area contributed by atoms with Crippen molar-refractivity contribution in [3.05, 3.63) is 35.9 Å². The molecule has 1 saturated heterocycles. The van der Waals surface area contributed by atoms with Crippen LogP contribution in [0.4, 0.5) is 13.2 Å². The highest BCUT2D eigenvalue weighted by Crippen LogP contribution is 2.33. The van der Waals surface area contributed by atoms with Gasteiger partial charge in [0.15, 0.2) is 0 Å². The Morgan fingerprint density at radius 1 is 1.15 bits per heavy atom. The predicted molar refractivity (Wildman–Crippen MR) is 79.2 cm³/mol. The van der Waals surface area contributed by atoms with E-state index in [9.17, 15) is 13.2 Å². The largest absolute Gasteiger partial charge is 0.407 e. The molecule has 2 nitrogen and oxygen atoms in total. The minimum atomic E-state index is -4.26. The zero-order valence-corrected chi connectivity index (χ0v) is 12.3. The van der Waals surface area contributed by atoms with E-state index >= 15 is 0 Å². The lowest BCUT2D eigenvalue weighted by molar-refractivity contribution is -0.160. The Balaban J connectivity index is 0.000000956. The molecule has 20 heavy (non-hydrogen) atoms. The van der Waals surface area contributed by atoms with Crippen LogP contribution in [0.1, 0.15) is 24.4 Å². The fourth-order valence-electron chi connectivity index (χ4n) is 2.25. The van der Waals surface area contributed by atoms with Crippen LogP contribution < -0.4 is 10.6 Å². The van der Waals surface area contributed by atoms with Crippen molar-refractivity contribution in [2.24, 2.45) is 0 Å². The third-order valence-electron chi connectivity index (χ3n) is 3.20. The first-order valence-electron chi connectivity index (χ1n) is 6.60. The zero-order valence-electron chi connectivity index (χ0n) is 11.5. The molecule has 1 aliphatic rings. The van der Waals surface area contributed by atoms with Gasteiger partial charge in [-0.3, -0.25) is 5.32 Å². The van der Waals surface area contributed by atoms with E-state index in [0.717, 1.165) is 25.9 Å². The van der Waals surface area contributed by atoms with Crippen molar-refractivity contribution < 1.29 is 13.2 Å². The number of hydrogen-bond donors (Lipinski definition) is 3. The van der Waals surface area contributed by atoms with Crippen LogP contribution in [-0.4, -0.2) is 31.6 Å². The monoisotopic (exact) mass is 306 g/mol. The van der Waals surface area contributed by atoms with Gasteiger partial charge in [-0.2, -0.15) is 25.8 Å². The Hall–Kier alpha value is -0.720. The van der Waals surface area contributed by atoms with Crippen molar-refractivity contribution in [2.45, 2.75) is 31.1 Å². The lowest BCUT2D eigenvalue weighted by Crippen LogP contribution is -2.45. The zero-order chi connectivity index (χ0) is 15.0. The fraction of sp³-hybridized carbons (Fsp3) is 0.571. The molecule has 0 amide bonds. The summed E-state index contributed by atoms with van der Waals surface area (Å²) in [5.41, 5.74) is 0.281. The van der Waals surface area contributed by atoms with Crippen LogP contribution in [0.5, 0.6) is 0 Å². The molecule has 6 heteroatoms. The number of benzene rings is 1. The topological polar surface area (TPSA) is 24.1 Å². The number of thiol groups is 1. The van der Waals surface area contributed by atoms with Gasteiger partial charge in [0.05, 0.1) is 0 Å². The molecule has 0 aliphatic carbocycles. The first kappa shape index (κ1) is 17.3. The highest BCUT2D eigenvalue weighted by molar-refractivity contribution is 7.79. The van der Waals surface area contributed by atoms with E-state index in [1.165, 1.54) is 12.1 Å². The van der Waals surface area contributed by atoms with Crippen molar-refractivity contribution in [3.8, 4) is 0 Å². The molecule has 1 atom stereocenters. The Labute approximate surface area is 123 Å². The Bertz CT molecular complexity index is 364. The molecule has 2 rings (SSSR count). The summed E-state index contributed by atoms with van der Waals surface area (Å²) in [4.78, 5) is 0. The molecule has 1 fully saturated rings. The van der Waals surface area contributed by atoms with Crippen molar-refractivity contribution >= 4 is 12.6 Å².